The Morgan fingerprint density at radius 3 is 3.20 bits per heavy atom. The van der Waals surface area contributed by atoms with Crippen LogP contribution in [0.4, 0.5) is 5.69 Å². The van der Waals surface area contributed by atoms with Crippen LogP contribution >= 0.6 is 11.3 Å². The Labute approximate surface area is 122 Å². The molecule has 4 nitrogen and oxygen atoms in total. The summed E-state index contributed by atoms with van der Waals surface area (Å²) in [5.74, 6) is 0.221. The van der Waals surface area contributed by atoms with Crippen molar-refractivity contribution >= 4 is 22.9 Å². The monoisotopic (exact) mass is 287 g/mol. The Balaban J connectivity index is 1.53. The van der Waals surface area contributed by atoms with Gasteiger partial charge in [0.1, 0.15) is 0 Å². The first-order chi connectivity index (χ1) is 9.81. The highest BCUT2D eigenvalue weighted by atomic mass is 32.1. The molecule has 0 bridgehead atoms. The average molecular weight is 287 g/mol. The van der Waals surface area contributed by atoms with Crippen LogP contribution in [0.5, 0.6) is 0 Å². The van der Waals surface area contributed by atoms with Gasteiger partial charge >= 0.3 is 0 Å². The minimum Gasteiger partial charge on any atom is -0.379 e. The smallest absolute Gasteiger partial charge is 0.227 e. The Bertz CT molecular complexity index is 556. The summed E-state index contributed by atoms with van der Waals surface area (Å²) < 4.78 is 0. The first kappa shape index (κ1) is 13.1. The van der Waals surface area contributed by atoms with Crippen molar-refractivity contribution in [1.29, 1.82) is 0 Å². The number of anilines is 1. The normalized spacial score (nSPS) is 18.2. The maximum Gasteiger partial charge on any atom is 0.227 e. The molecule has 0 unspecified atom stereocenters. The molecule has 2 aromatic heterocycles. The fourth-order valence-corrected chi connectivity index (χ4v) is 3.14. The molecule has 1 atom stereocenters. The highest BCUT2D eigenvalue weighted by Crippen LogP contribution is 2.17. The van der Waals surface area contributed by atoms with Crippen molar-refractivity contribution < 1.29 is 4.79 Å². The second-order valence-corrected chi connectivity index (χ2v) is 5.80. The Kier molecular flexibility index (Phi) is 3.97. The van der Waals surface area contributed by atoms with Crippen LogP contribution in [-0.2, 0) is 11.2 Å². The fourth-order valence-electron chi connectivity index (χ4n) is 2.47. The van der Waals surface area contributed by atoms with Gasteiger partial charge in [0.2, 0.25) is 5.91 Å². The van der Waals surface area contributed by atoms with Crippen molar-refractivity contribution in [2.45, 2.75) is 18.9 Å². The van der Waals surface area contributed by atoms with Crippen LogP contribution in [0.25, 0.3) is 0 Å². The zero-order valence-corrected chi connectivity index (χ0v) is 12.0. The van der Waals surface area contributed by atoms with Gasteiger partial charge in [-0.3, -0.25) is 9.78 Å². The first-order valence-electron chi connectivity index (χ1n) is 6.76. The van der Waals surface area contributed by atoms with Gasteiger partial charge in [0.25, 0.3) is 0 Å². The summed E-state index contributed by atoms with van der Waals surface area (Å²) in [7, 11) is 0. The van der Waals surface area contributed by atoms with Gasteiger partial charge in [-0.2, -0.15) is 11.3 Å². The van der Waals surface area contributed by atoms with E-state index in [9.17, 15) is 4.79 Å². The standard InChI is InChI=1S/C15H17N3OS/c19-15(8-12-4-7-20-11-12)18-6-3-14(10-18)17-13-2-1-5-16-9-13/h1-2,4-5,7,9,11,14,17H,3,6,8,10H2/t14-/m1/s1. The van der Waals surface area contributed by atoms with Gasteiger partial charge < -0.3 is 10.2 Å². The van der Waals surface area contributed by atoms with Crippen LogP contribution in [0.3, 0.4) is 0 Å². The summed E-state index contributed by atoms with van der Waals surface area (Å²) in [6.45, 7) is 1.61. The van der Waals surface area contributed by atoms with Crippen LogP contribution < -0.4 is 5.32 Å². The lowest BCUT2D eigenvalue weighted by atomic mass is 10.2. The van der Waals surface area contributed by atoms with E-state index in [1.54, 1.807) is 17.5 Å². The van der Waals surface area contributed by atoms with Gasteiger partial charge in [0.05, 0.1) is 12.1 Å². The van der Waals surface area contributed by atoms with Crippen molar-refractivity contribution in [3.63, 3.8) is 0 Å². The molecule has 0 saturated carbocycles. The summed E-state index contributed by atoms with van der Waals surface area (Å²) in [5.41, 5.74) is 2.13. The molecule has 0 radical (unpaired) electrons. The summed E-state index contributed by atoms with van der Waals surface area (Å²) in [6, 6.07) is 6.26. The number of hydrogen-bond acceptors (Lipinski definition) is 4. The molecule has 2 aromatic rings. The van der Waals surface area contributed by atoms with E-state index in [2.05, 4.69) is 10.3 Å². The predicted octanol–water partition coefficient (Wildman–Crippen LogP) is 2.40. The van der Waals surface area contributed by atoms with Gasteiger partial charge in [0, 0.05) is 31.5 Å². The zero-order chi connectivity index (χ0) is 13.8. The third-order valence-electron chi connectivity index (χ3n) is 3.51. The van der Waals surface area contributed by atoms with Gasteiger partial charge in [-0.1, -0.05) is 0 Å². The maximum absolute atomic E-state index is 12.2. The van der Waals surface area contributed by atoms with E-state index in [0.717, 1.165) is 30.8 Å². The van der Waals surface area contributed by atoms with E-state index in [-0.39, 0.29) is 5.91 Å². The molecular weight excluding hydrogens is 270 g/mol. The largest absolute Gasteiger partial charge is 0.379 e. The number of pyridine rings is 1. The Hall–Kier alpha value is -1.88. The highest BCUT2D eigenvalue weighted by Gasteiger charge is 2.26. The lowest BCUT2D eigenvalue weighted by Crippen LogP contribution is -2.32. The fraction of sp³-hybridized carbons (Fsp3) is 0.333. The van der Waals surface area contributed by atoms with E-state index in [4.69, 9.17) is 0 Å². The van der Waals surface area contributed by atoms with Crippen LogP contribution in [0.1, 0.15) is 12.0 Å². The van der Waals surface area contributed by atoms with E-state index in [1.165, 1.54) is 0 Å². The molecule has 1 saturated heterocycles. The number of carbonyl (C=O) groups is 1. The van der Waals surface area contributed by atoms with Crippen LogP contribution in [0.15, 0.2) is 41.4 Å². The Morgan fingerprint density at radius 1 is 1.50 bits per heavy atom. The molecule has 1 fully saturated rings. The summed E-state index contributed by atoms with van der Waals surface area (Å²) in [4.78, 5) is 18.2. The molecule has 104 valence electrons. The number of likely N-dealkylation sites (tertiary alicyclic amines) is 1. The molecule has 0 aromatic carbocycles. The number of hydrogen-bond donors (Lipinski definition) is 1. The molecule has 3 rings (SSSR count). The topological polar surface area (TPSA) is 45.2 Å². The minimum absolute atomic E-state index is 0.221. The number of amides is 1. The molecule has 0 spiro atoms. The number of aromatic nitrogens is 1. The summed E-state index contributed by atoms with van der Waals surface area (Å²) >= 11 is 1.64. The number of nitrogens with zero attached hydrogens (tertiary/aromatic N) is 2. The van der Waals surface area contributed by atoms with Gasteiger partial charge in [-0.25, -0.2) is 0 Å². The van der Waals surface area contributed by atoms with Crippen molar-refractivity contribution in [1.82, 2.24) is 9.88 Å². The summed E-state index contributed by atoms with van der Waals surface area (Å²) in [6.07, 6.45) is 5.08. The minimum atomic E-state index is 0.221. The number of nitrogens with one attached hydrogen (secondary N) is 1. The second kappa shape index (κ2) is 6.05. The molecule has 5 heteroatoms. The molecule has 20 heavy (non-hydrogen) atoms. The van der Waals surface area contributed by atoms with E-state index >= 15 is 0 Å². The highest BCUT2D eigenvalue weighted by molar-refractivity contribution is 7.07. The van der Waals surface area contributed by atoms with Crippen molar-refractivity contribution in [2.24, 2.45) is 0 Å². The summed E-state index contributed by atoms with van der Waals surface area (Å²) in [5, 5.41) is 7.48. The van der Waals surface area contributed by atoms with Crippen molar-refractivity contribution in [3.05, 3.63) is 46.9 Å². The maximum atomic E-state index is 12.2. The van der Waals surface area contributed by atoms with Crippen molar-refractivity contribution in [2.75, 3.05) is 18.4 Å². The quantitative estimate of drug-likeness (QED) is 0.939. The molecule has 1 N–H and O–H groups in total. The zero-order valence-electron chi connectivity index (χ0n) is 11.2. The third-order valence-corrected chi connectivity index (χ3v) is 4.24. The number of rotatable bonds is 4. The molecule has 1 amide bonds. The molecular formula is C15H17N3OS. The van der Waals surface area contributed by atoms with Gasteiger partial charge in [-0.15, -0.1) is 0 Å². The van der Waals surface area contributed by atoms with Gasteiger partial charge in [0.15, 0.2) is 0 Å². The average Bonchev–Trinajstić information content (AvgIpc) is 3.11. The van der Waals surface area contributed by atoms with Crippen LogP contribution in [-0.4, -0.2) is 34.9 Å². The van der Waals surface area contributed by atoms with Crippen LogP contribution in [0, 0.1) is 0 Å². The van der Waals surface area contributed by atoms with Crippen molar-refractivity contribution in [3.8, 4) is 0 Å². The lowest BCUT2D eigenvalue weighted by molar-refractivity contribution is -0.129. The molecule has 1 aliphatic rings. The first-order valence-corrected chi connectivity index (χ1v) is 7.71. The van der Waals surface area contributed by atoms with Crippen LogP contribution in [0.2, 0.25) is 0 Å². The van der Waals surface area contributed by atoms with E-state index in [1.807, 2.05) is 40.1 Å². The van der Waals surface area contributed by atoms with E-state index in [0.29, 0.717) is 12.5 Å². The second-order valence-electron chi connectivity index (χ2n) is 5.02. The number of thiophene rings is 1. The molecule has 1 aliphatic heterocycles. The molecule has 3 heterocycles. The Morgan fingerprint density at radius 2 is 2.45 bits per heavy atom. The van der Waals surface area contributed by atoms with Gasteiger partial charge in [-0.05, 0) is 40.9 Å². The number of carbonyl (C=O) groups excluding carboxylic acids is 1. The SMILES string of the molecule is O=C(Cc1ccsc1)N1CC[C@@H](Nc2cccnc2)C1. The predicted molar refractivity (Wildman–Crippen MR) is 80.9 cm³/mol. The molecule has 0 aliphatic carbocycles. The third kappa shape index (κ3) is 3.17. The van der Waals surface area contributed by atoms with E-state index < -0.39 is 0 Å². The lowest BCUT2D eigenvalue weighted by Gasteiger charge is -2.17.